The molecule has 1 aromatic rings. The van der Waals surface area contributed by atoms with Gasteiger partial charge in [0.1, 0.15) is 5.82 Å². The number of esters is 1. The molecular weight excluding hydrogens is 275 g/mol. The van der Waals surface area contributed by atoms with Crippen LogP contribution in [-0.2, 0) is 16.0 Å². The quantitative estimate of drug-likeness (QED) is 0.795. The monoisotopic (exact) mass is 288 g/mol. The van der Waals surface area contributed by atoms with Crippen molar-refractivity contribution < 1.29 is 13.9 Å². The van der Waals surface area contributed by atoms with Gasteiger partial charge in [-0.25, -0.2) is 4.39 Å². The molecule has 2 nitrogen and oxygen atoms in total. The van der Waals surface area contributed by atoms with Crippen molar-refractivity contribution in [2.75, 3.05) is 6.61 Å². The second kappa shape index (κ2) is 5.99. The number of carbonyl (C=O) groups excluding carboxylic acids is 1. The fourth-order valence-electron chi connectivity index (χ4n) is 1.39. The van der Waals surface area contributed by atoms with Crippen molar-refractivity contribution in [3.8, 4) is 0 Å². The molecule has 0 radical (unpaired) electrons. The van der Waals surface area contributed by atoms with E-state index < -0.39 is 0 Å². The molecule has 0 N–H and O–H groups in total. The summed E-state index contributed by atoms with van der Waals surface area (Å²) in [6, 6.07) is 4.75. The number of carbonyl (C=O) groups is 1. The Balaban J connectivity index is 2.66. The summed E-state index contributed by atoms with van der Waals surface area (Å²) in [7, 11) is 0. The molecule has 1 rings (SSSR count). The molecule has 1 unspecified atom stereocenters. The van der Waals surface area contributed by atoms with E-state index in [1.165, 1.54) is 6.07 Å². The fourth-order valence-corrected chi connectivity index (χ4v) is 1.81. The molecule has 0 heterocycles. The lowest BCUT2D eigenvalue weighted by Crippen LogP contribution is -2.16. The van der Waals surface area contributed by atoms with Crippen LogP contribution < -0.4 is 0 Å². The van der Waals surface area contributed by atoms with E-state index in [-0.39, 0.29) is 17.7 Å². The van der Waals surface area contributed by atoms with Gasteiger partial charge >= 0.3 is 5.97 Å². The minimum atomic E-state index is -0.299. The van der Waals surface area contributed by atoms with Gasteiger partial charge in [0.2, 0.25) is 0 Å². The van der Waals surface area contributed by atoms with Crippen LogP contribution in [0.15, 0.2) is 22.7 Å². The predicted octanol–water partition coefficient (Wildman–Crippen LogP) is 3.33. The molecule has 1 atom stereocenters. The van der Waals surface area contributed by atoms with E-state index in [1.54, 1.807) is 26.0 Å². The van der Waals surface area contributed by atoms with E-state index in [2.05, 4.69) is 15.9 Å². The number of halogens is 2. The molecule has 0 aliphatic carbocycles. The average molecular weight is 289 g/mol. The summed E-state index contributed by atoms with van der Waals surface area (Å²) in [5.41, 5.74) is 0.911. The smallest absolute Gasteiger partial charge is 0.308 e. The molecule has 0 aliphatic heterocycles. The molecule has 0 aromatic heterocycles. The van der Waals surface area contributed by atoms with Crippen LogP contribution in [0.2, 0.25) is 0 Å². The Morgan fingerprint density at radius 2 is 2.25 bits per heavy atom. The van der Waals surface area contributed by atoms with Crippen LogP contribution in [0.3, 0.4) is 0 Å². The highest BCUT2D eigenvalue weighted by Gasteiger charge is 2.14. The van der Waals surface area contributed by atoms with Crippen LogP contribution in [0.5, 0.6) is 0 Å². The predicted molar refractivity (Wildman–Crippen MR) is 63.6 cm³/mol. The topological polar surface area (TPSA) is 26.3 Å². The Morgan fingerprint density at radius 3 is 2.81 bits per heavy atom. The van der Waals surface area contributed by atoms with Crippen LogP contribution in [0.1, 0.15) is 19.4 Å². The number of ether oxygens (including phenoxy) is 1. The van der Waals surface area contributed by atoms with Crippen molar-refractivity contribution in [1.29, 1.82) is 0 Å². The van der Waals surface area contributed by atoms with Gasteiger partial charge in [0.25, 0.3) is 0 Å². The lowest BCUT2D eigenvalue weighted by atomic mass is 10.0. The lowest BCUT2D eigenvalue weighted by Gasteiger charge is -2.10. The molecule has 16 heavy (non-hydrogen) atoms. The maximum absolute atomic E-state index is 13.0. The minimum absolute atomic E-state index is 0.211. The minimum Gasteiger partial charge on any atom is -0.466 e. The average Bonchev–Trinajstić information content (AvgIpc) is 2.24. The van der Waals surface area contributed by atoms with Gasteiger partial charge in [-0.3, -0.25) is 4.79 Å². The molecule has 88 valence electrons. The Labute approximate surface area is 103 Å². The SMILES string of the molecule is CCOC(=O)C(C)Cc1ccc(F)c(Br)c1. The van der Waals surface area contributed by atoms with E-state index >= 15 is 0 Å². The van der Waals surface area contributed by atoms with E-state index in [0.29, 0.717) is 17.5 Å². The van der Waals surface area contributed by atoms with Gasteiger partial charge in [0.05, 0.1) is 17.0 Å². The first-order valence-corrected chi connectivity index (χ1v) is 5.94. The highest BCUT2D eigenvalue weighted by atomic mass is 79.9. The van der Waals surface area contributed by atoms with Crippen molar-refractivity contribution in [1.82, 2.24) is 0 Å². The molecule has 0 bridgehead atoms. The van der Waals surface area contributed by atoms with Gasteiger partial charge < -0.3 is 4.74 Å². The molecule has 4 heteroatoms. The van der Waals surface area contributed by atoms with Crippen LogP contribution in [0.4, 0.5) is 4.39 Å². The third-order valence-corrected chi connectivity index (χ3v) is 2.82. The van der Waals surface area contributed by atoms with Gasteiger partial charge in [-0.1, -0.05) is 13.0 Å². The first kappa shape index (κ1) is 13.2. The summed E-state index contributed by atoms with van der Waals surface area (Å²) in [6.07, 6.45) is 0.553. The third kappa shape index (κ3) is 3.59. The summed E-state index contributed by atoms with van der Waals surface area (Å²) in [4.78, 5) is 11.4. The molecule has 0 spiro atoms. The Kier molecular flexibility index (Phi) is 4.93. The first-order chi connectivity index (χ1) is 7.54. The van der Waals surface area contributed by atoms with Crippen molar-refractivity contribution in [3.05, 3.63) is 34.1 Å². The number of rotatable bonds is 4. The molecule has 0 aliphatic rings. The van der Waals surface area contributed by atoms with E-state index in [4.69, 9.17) is 4.74 Å². The van der Waals surface area contributed by atoms with Gasteiger partial charge in [0.15, 0.2) is 0 Å². The molecule has 1 aromatic carbocycles. The van der Waals surface area contributed by atoms with Crippen LogP contribution >= 0.6 is 15.9 Å². The molecule has 0 saturated carbocycles. The zero-order valence-corrected chi connectivity index (χ0v) is 10.9. The Hall–Kier alpha value is -0.900. The van der Waals surface area contributed by atoms with Crippen molar-refractivity contribution in [2.24, 2.45) is 5.92 Å². The maximum atomic E-state index is 13.0. The number of hydrogen-bond donors (Lipinski definition) is 0. The van der Waals surface area contributed by atoms with Crippen LogP contribution in [-0.4, -0.2) is 12.6 Å². The lowest BCUT2D eigenvalue weighted by molar-refractivity contribution is -0.147. The molecule has 0 saturated heterocycles. The van der Waals surface area contributed by atoms with Gasteiger partial charge in [-0.15, -0.1) is 0 Å². The first-order valence-electron chi connectivity index (χ1n) is 5.15. The van der Waals surface area contributed by atoms with Crippen LogP contribution in [0, 0.1) is 11.7 Å². The largest absolute Gasteiger partial charge is 0.466 e. The Morgan fingerprint density at radius 1 is 1.56 bits per heavy atom. The zero-order valence-electron chi connectivity index (χ0n) is 9.30. The highest BCUT2D eigenvalue weighted by Crippen LogP contribution is 2.19. The van der Waals surface area contributed by atoms with Gasteiger partial charge in [-0.05, 0) is 47.0 Å². The summed E-state index contributed by atoms with van der Waals surface area (Å²) in [5.74, 6) is -0.729. The summed E-state index contributed by atoms with van der Waals surface area (Å²) in [6.45, 7) is 3.96. The molecular formula is C12H14BrFO2. The number of benzene rings is 1. The van der Waals surface area contributed by atoms with E-state index in [0.717, 1.165) is 5.56 Å². The second-order valence-corrected chi connectivity index (χ2v) is 4.46. The normalized spacial score (nSPS) is 12.2. The maximum Gasteiger partial charge on any atom is 0.308 e. The molecule has 0 fully saturated rings. The molecule has 0 amide bonds. The van der Waals surface area contributed by atoms with Crippen molar-refractivity contribution in [2.45, 2.75) is 20.3 Å². The zero-order chi connectivity index (χ0) is 12.1. The second-order valence-electron chi connectivity index (χ2n) is 3.61. The fraction of sp³-hybridized carbons (Fsp3) is 0.417. The summed E-state index contributed by atoms with van der Waals surface area (Å²) < 4.78 is 18.3. The Bertz CT molecular complexity index is 379. The van der Waals surface area contributed by atoms with Crippen molar-refractivity contribution in [3.63, 3.8) is 0 Å². The third-order valence-electron chi connectivity index (χ3n) is 2.21. The van der Waals surface area contributed by atoms with E-state index in [1.807, 2.05) is 0 Å². The highest BCUT2D eigenvalue weighted by molar-refractivity contribution is 9.10. The standard InChI is InChI=1S/C12H14BrFO2/c1-3-16-12(15)8(2)6-9-4-5-11(14)10(13)7-9/h4-5,7-8H,3,6H2,1-2H3. The van der Waals surface area contributed by atoms with Crippen molar-refractivity contribution >= 4 is 21.9 Å². The number of hydrogen-bond acceptors (Lipinski definition) is 2. The van der Waals surface area contributed by atoms with Crippen LogP contribution in [0.25, 0.3) is 0 Å². The van der Waals surface area contributed by atoms with E-state index in [9.17, 15) is 9.18 Å². The summed E-state index contributed by atoms with van der Waals surface area (Å²) in [5, 5.41) is 0. The van der Waals surface area contributed by atoms with Gasteiger partial charge in [-0.2, -0.15) is 0 Å². The van der Waals surface area contributed by atoms with Gasteiger partial charge in [0, 0.05) is 0 Å². The summed E-state index contributed by atoms with van der Waals surface area (Å²) >= 11 is 3.11.